The molecule has 28 heavy (non-hydrogen) atoms. The average molecular weight is 401 g/mol. The number of phenolic OH excluding ortho intramolecular Hbond substituents is 1. The van der Waals surface area contributed by atoms with Crippen LogP contribution in [0.2, 0.25) is 0 Å². The van der Waals surface area contributed by atoms with Crippen LogP contribution in [0, 0.1) is 0 Å². The van der Waals surface area contributed by atoms with E-state index in [2.05, 4.69) is 23.9 Å². The monoisotopic (exact) mass is 400 g/mol. The van der Waals surface area contributed by atoms with Gasteiger partial charge in [0.1, 0.15) is 5.75 Å². The summed E-state index contributed by atoms with van der Waals surface area (Å²) in [7, 11) is 0. The van der Waals surface area contributed by atoms with Crippen molar-refractivity contribution in [2.75, 3.05) is 0 Å². The third-order valence-corrected chi connectivity index (χ3v) is 9.06. The molecule has 0 spiro atoms. The molecule has 0 aromatic heterocycles. The number of hydrogen-bond donors (Lipinski definition) is 1. The third-order valence-electron chi connectivity index (χ3n) is 7.64. The minimum absolute atomic E-state index is 0.596. The topological polar surface area (TPSA) is 20.2 Å². The summed E-state index contributed by atoms with van der Waals surface area (Å²) in [6.07, 6.45) is 21.9. The van der Waals surface area contributed by atoms with Crippen LogP contribution in [-0.2, 0) is 5.75 Å². The summed E-state index contributed by atoms with van der Waals surface area (Å²) in [6.45, 7) is 0. The number of hydrogen-bond acceptors (Lipinski definition) is 2. The van der Waals surface area contributed by atoms with E-state index in [1.165, 1.54) is 114 Å². The number of thioether (sulfide) groups is 1. The van der Waals surface area contributed by atoms with Gasteiger partial charge in [0.15, 0.2) is 0 Å². The summed E-state index contributed by atoms with van der Waals surface area (Å²) >= 11 is 2.13. The average Bonchev–Trinajstić information content (AvgIpc) is 3.03. The zero-order valence-corrected chi connectivity index (χ0v) is 18.6. The molecule has 3 aliphatic carbocycles. The Balaban J connectivity index is 1.55. The third kappa shape index (κ3) is 5.29. The molecule has 0 unspecified atom stereocenters. The first-order valence-electron chi connectivity index (χ1n) is 12.3. The van der Waals surface area contributed by atoms with Crippen molar-refractivity contribution >= 4 is 11.8 Å². The molecule has 1 aromatic rings. The van der Waals surface area contributed by atoms with Gasteiger partial charge in [0, 0.05) is 16.6 Å². The Morgan fingerprint density at radius 3 is 1.86 bits per heavy atom. The van der Waals surface area contributed by atoms with E-state index in [4.69, 9.17) is 0 Å². The fourth-order valence-corrected chi connectivity index (χ4v) is 7.17. The van der Waals surface area contributed by atoms with Gasteiger partial charge >= 0.3 is 0 Å². The summed E-state index contributed by atoms with van der Waals surface area (Å²) in [5.41, 5.74) is 4.10. The van der Waals surface area contributed by atoms with Gasteiger partial charge in [-0.2, -0.15) is 11.8 Å². The Morgan fingerprint density at radius 2 is 1.21 bits per heavy atom. The molecule has 3 saturated carbocycles. The Bertz CT molecular complexity index is 605. The predicted octanol–water partition coefficient (Wildman–Crippen LogP) is 8.44. The molecule has 0 radical (unpaired) electrons. The Hall–Kier alpha value is -0.630. The highest BCUT2D eigenvalue weighted by Crippen LogP contribution is 2.44. The highest BCUT2D eigenvalue weighted by Gasteiger charge is 2.24. The molecule has 0 atom stereocenters. The van der Waals surface area contributed by atoms with Gasteiger partial charge in [-0.15, -0.1) is 0 Å². The van der Waals surface area contributed by atoms with Gasteiger partial charge in [-0.05, 0) is 61.5 Å². The SMILES string of the molecule is Oc1c(CSC2CCCCCC2)cc(C2CCCCC2)cc1C1CCCCC1. The Labute approximate surface area is 177 Å². The van der Waals surface area contributed by atoms with Crippen molar-refractivity contribution in [3.63, 3.8) is 0 Å². The smallest absolute Gasteiger partial charge is 0.123 e. The van der Waals surface area contributed by atoms with Gasteiger partial charge in [0.25, 0.3) is 0 Å². The van der Waals surface area contributed by atoms with Crippen molar-refractivity contribution in [3.8, 4) is 5.75 Å². The lowest BCUT2D eigenvalue weighted by Gasteiger charge is -2.28. The lowest BCUT2D eigenvalue weighted by Crippen LogP contribution is -2.10. The normalized spacial score (nSPS) is 23.6. The van der Waals surface area contributed by atoms with E-state index in [1.807, 2.05) is 0 Å². The van der Waals surface area contributed by atoms with E-state index in [1.54, 1.807) is 5.56 Å². The van der Waals surface area contributed by atoms with E-state index < -0.39 is 0 Å². The molecule has 1 nitrogen and oxygen atoms in total. The second-order valence-electron chi connectivity index (χ2n) is 9.71. The zero-order valence-electron chi connectivity index (χ0n) is 17.8. The Kier molecular flexibility index (Phi) is 7.68. The summed E-state index contributed by atoms with van der Waals surface area (Å²) < 4.78 is 0. The van der Waals surface area contributed by atoms with E-state index in [-0.39, 0.29) is 0 Å². The van der Waals surface area contributed by atoms with Gasteiger partial charge in [-0.3, -0.25) is 0 Å². The van der Waals surface area contributed by atoms with Gasteiger partial charge in [-0.25, -0.2) is 0 Å². The van der Waals surface area contributed by atoms with Gasteiger partial charge in [0.05, 0.1) is 0 Å². The minimum atomic E-state index is 0.596. The van der Waals surface area contributed by atoms with Crippen molar-refractivity contribution in [3.05, 3.63) is 28.8 Å². The van der Waals surface area contributed by atoms with Crippen LogP contribution in [0.25, 0.3) is 0 Å². The maximum Gasteiger partial charge on any atom is 0.123 e. The second-order valence-corrected chi connectivity index (χ2v) is 11.0. The van der Waals surface area contributed by atoms with Crippen molar-refractivity contribution in [2.45, 2.75) is 126 Å². The fourth-order valence-electron chi connectivity index (χ4n) is 5.87. The summed E-state index contributed by atoms with van der Waals surface area (Å²) in [5.74, 6) is 3.00. The van der Waals surface area contributed by atoms with Crippen molar-refractivity contribution in [1.29, 1.82) is 0 Å². The maximum atomic E-state index is 11.2. The second kappa shape index (κ2) is 10.4. The highest BCUT2D eigenvalue weighted by molar-refractivity contribution is 7.99. The lowest BCUT2D eigenvalue weighted by molar-refractivity contribution is 0.408. The molecule has 0 saturated heterocycles. The molecule has 0 heterocycles. The molecule has 1 aromatic carbocycles. The van der Waals surface area contributed by atoms with Gasteiger partial charge in [-0.1, -0.05) is 76.3 Å². The van der Waals surface area contributed by atoms with Crippen LogP contribution in [0.1, 0.15) is 131 Å². The first-order valence-corrected chi connectivity index (χ1v) is 13.3. The molecule has 0 amide bonds. The number of aromatic hydroxyl groups is 1. The van der Waals surface area contributed by atoms with Crippen LogP contribution < -0.4 is 0 Å². The van der Waals surface area contributed by atoms with E-state index >= 15 is 0 Å². The van der Waals surface area contributed by atoms with Crippen molar-refractivity contribution in [1.82, 2.24) is 0 Å². The Morgan fingerprint density at radius 1 is 0.679 bits per heavy atom. The highest BCUT2D eigenvalue weighted by atomic mass is 32.2. The van der Waals surface area contributed by atoms with Gasteiger partial charge in [0.2, 0.25) is 0 Å². The fraction of sp³-hybridized carbons (Fsp3) is 0.769. The minimum Gasteiger partial charge on any atom is -0.507 e. The van der Waals surface area contributed by atoms with E-state index in [0.717, 1.165) is 16.9 Å². The largest absolute Gasteiger partial charge is 0.507 e. The van der Waals surface area contributed by atoms with Crippen molar-refractivity contribution < 1.29 is 5.11 Å². The summed E-state index contributed by atoms with van der Waals surface area (Å²) in [6, 6.07) is 4.84. The maximum absolute atomic E-state index is 11.2. The molecule has 0 aliphatic heterocycles. The van der Waals surface area contributed by atoms with Crippen LogP contribution in [0.15, 0.2) is 12.1 Å². The van der Waals surface area contributed by atoms with Crippen LogP contribution in [-0.4, -0.2) is 10.4 Å². The number of phenols is 1. The standard InChI is InChI=1S/C26H40OS/c27-26-23(19-28-24-15-9-1-2-10-16-24)17-22(20-11-5-3-6-12-20)18-25(26)21-13-7-4-8-14-21/h17-18,20-21,24,27H,1-16,19H2. The van der Waals surface area contributed by atoms with Crippen LogP contribution >= 0.6 is 11.8 Å². The number of benzene rings is 1. The predicted molar refractivity (Wildman–Crippen MR) is 123 cm³/mol. The molecule has 4 rings (SSSR count). The quantitative estimate of drug-likeness (QED) is 0.500. The summed E-state index contributed by atoms with van der Waals surface area (Å²) in [4.78, 5) is 0. The van der Waals surface area contributed by atoms with E-state index in [0.29, 0.717) is 11.7 Å². The van der Waals surface area contributed by atoms with Crippen molar-refractivity contribution in [2.24, 2.45) is 0 Å². The zero-order chi connectivity index (χ0) is 19.2. The molecule has 3 aliphatic rings. The van der Waals surface area contributed by atoms with Gasteiger partial charge < -0.3 is 5.11 Å². The molecule has 156 valence electrons. The molecule has 3 fully saturated rings. The first kappa shape index (κ1) is 20.6. The van der Waals surface area contributed by atoms with Crippen LogP contribution in [0.3, 0.4) is 0 Å². The molecular weight excluding hydrogens is 360 g/mol. The molecular formula is C26H40OS. The first-order chi connectivity index (χ1) is 13.8. The van der Waals surface area contributed by atoms with Crippen LogP contribution in [0.4, 0.5) is 0 Å². The van der Waals surface area contributed by atoms with E-state index in [9.17, 15) is 5.11 Å². The molecule has 1 N–H and O–H groups in total. The summed E-state index contributed by atoms with van der Waals surface area (Å²) in [5, 5.41) is 12.0. The molecule has 2 heteroatoms. The lowest BCUT2D eigenvalue weighted by atomic mass is 9.79. The number of rotatable bonds is 5. The van der Waals surface area contributed by atoms with Crippen LogP contribution in [0.5, 0.6) is 5.75 Å². The molecule has 0 bridgehead atoms.